The van der Waals surface area contributed by atoms with Crippen molar-refractivity contribution in [2.45, 2.75) is 0 Å². The van der Waals surface area contributed by atoms with Crippen molar-refractivity contribution in [3.05, 3.63) is 102 Å². The summed E-state index contributed by atoms with van der Waals surface area (Å²) in [6.07, 6.45) is 2.16. The second kappa shape index (κ2) is 5.93. The zero-order chi connectivity index (χ0) is 15.5. The summed E-state index contributed by atoms with van der Waals surface area (Å²) in [6, 6.07) is 28.8. The quantitative estimate of drug-likeness (QED) is 0.717. The summed E-state index contributed by atoms with van der Waals surface area (Å²) in [7, 11) is 0. The van der Waals surface area contributed by atoms with Crippen LogP contribution in [0.25, 0.3) is 11.8 Å². The number of amidine groups is 1. The van der Waals surface area contributed by atoms with Crippen LogP contribution < -0.4 is 5.32 Å². The topological polar surface area (TPSA) is 24.4 Å². The molecule has 0 saturated carbocycles. The van der Waals surface area contributed by atoms with E-state index in [1.165, 1.54) is 5.56 Å². The minimum absolute atomic E-state index is 0.881. The maximum absolute atomic E-state index is 4.77. The third-order valence-corrected chi connectivity index (χ3v) is 3.84. The zero-order valence-corrected chi connectivity index (χ0v) is 12.6. The molecule has 0 amide bonds. The fraction of sp³-hybridized carbons (Fsp3) is 0. The molecule has 0 saturated heterocycles. The van der Waals surface area contributed by atoms with E-state index in [2.05, 4.69) is 47.8 Å². The van der Waals surface area contributed by atoms with Gasteiger partial charge >= 0.3 is 0 Å². The van der Waals surface area contributed by atoms with Crippen molar-refractivity contribution in [2.24, 2.45) is 4.99 Å². The minimum Gasteiger partial charge on any atom is -0.339 e. The van der Waals surface area contributed by atoms with Gasteiger partial charge in [0.25, 0.3) is 0 Å². The Morgan fingerprint density at radius 3 is 2.13 bits per heavy atom. The Bertz CT molecular complexity index is 878. The lowest BCUT2D eigenvalue weighted by Crippen LogP contribution is -2.25. The van der Waals surface area contributed by atoms with E-state index < -0.39 is 0 Å². The van der Waals surface area contributed by atoms with Gasteiger partial charge in [-0.05, 0) is 17.7 Å². The highest BCUT2D eigenvalue weighted by atomic mass is 15.0. The van der Waals surface area contributed by atoms with Crippen molar-refractivity contribution < 1.29 is 0 Å². The van der Waals surface area contributed by atoms with E-state index in [-0.39, 0.29) is 0 Å². The molecule has 0 fully saturated rings. The first-order valence-corrected chi connectivity index (χ1v) is 7.67. The van der Waals surface area contributed by atoms with E-state index >= 15 is 0 Å². The molecule has 0 spiro atoms. The molecule has 1 aliphatic heterocycles. The van der Waals surface area contributed by atoms with Crippen LogP contribution in [0, 0.1) is 0 Å². The van der Waals surface area contributed by atoms with Gasteiger partial charge in [0, 0.05) is 16.8 Å². The Kier molecular flexibility index (Phi) is 3.49. The van der Waals surface area contributed by atoms with E-state index in [0.717, 1.165) is 28.3 Å². The summed E-state index contributed by atoms with van der Waals surface area (Å²) in [5.74, 6) is 0.881. The van der Waals surface area contributed by atoms with Crippen LogP contribution >= 0.6 is 0 Å². The van der Waals surface area contributed by atoms with Crippen molar-refractivity contribution in [3.63, 3.8) is 0 Å². The van der Waals surface area contributed by atoms with Gasteiger partial charge in [0.2, 0.25) is 0 Å². The van der Waals surface area contributed by atoms with E-state index in [0.29, 0.717) is 0 Å². The Balaban J connectivity index is 1.83. The molecule has 0 atom stereocenters. The highest BCUT2D eigenvalue weighted by Crippen LogP contribution is 2.30. The Morgan fingerprint density at radius 1 is 0.696 bits per heavy atom. The number of para-hydroxylation sites is 1. The normalized spacial score (nSPS) is 14.8. The Morgan fingerprint density at radius 2 is 1.35 bits per heavy atom. The molecule has 4 rings (SSSR count). The number of hydrogen-bond acceptors (Lipinski definition) is 2. The Hall–Kier alpha value is -3.13. The number of benzene rings is 3. The molecule has 0 unspecified atom stereocenters. The number of aliphatic imine (C=N–C) groups is 1. The number of rotatable bonds is 2. The van der Waals surface area contributed by atoms with Crippen LogP contribution in [0.5, 0.6) is 0 Å². The number of nitrogens with zero attached hydrogens (tertiary/aromatic N) is 1. The molecule has 0 aliphatic carbocycles. The summed E-state index contributed by atoms with van der Waals surface area (Å²) < 4.78 is 0. The van der Waals surface area contributed by atoms with Crippen LogP contribution in [0.4, 0.5) is 5.69 Å². The van der Waals surface area contributed by atoms with Crippen LogP contribution in [0.2, 0.25) is 0 Å². The van der Waals surface area contributed by atoms with Crippen molar-refractivity contribution >= 4 is 23.3 Å². The number of nitrogens with one attached hydrogen (secondary N) is 1. The molecule has 0 aromatic heterocycles. The van der Waals surface area contributed by atoms with E-state index in [1.54, 1.807) is 0 Å². The van der Waals surface area contributed by atoms with Gasteiger partial charge in [0.05, 0.1) is 5.69 Å². The first-order chi connectivity index (χ1) is 11.4. The van der Waals surface area contributed by atoms with Gasteiger partial charge < -0.3 is 5.32 Å². The summed E-state index contributed by atoms with van der Waals surface area (Å²) in [6.45, 7) is 0. The zero-order valence-electron chi connectivity index (χ0n) is 12.6. The lowest BCUT2D eigenvalue weighted by atomic mass is 10.0. The minimum atomic E-state index is 0.881. The monoisotopic (exact) mass is 296 g/mol. The third kappa shape index (κ3) is 2.79. The first kappa shape index (κ1) is 13.5. The standard InChI is InChI=1S/C21H16N2/c1-3-9-16(10-4-1)15-20-18-13-7-8-14-19(18)22-21(23-20)17-11-5-2-6-12-17/h1-15H,(H,22,23)/b20-15+. The molecule has 110 valence electrons. The summed E-state index contributed by atoms with van der Waals surface area (Å²) in [5.41, 5.74) is 5.43. The van der Waals surface area contributed by atoms with E-state index in [4.69, 9.17) is 4.99 Å². The van der Waals surface area contributed by atoms with E-state index in [1.807, 2.05) is 48.5 Å². The van der Waals surface area contributed by atoms with Gasteiger partial charge in [-0.1, -0.05) is 78.9 Å². The van der Waals surface area contributed by atoms with Crippen LogP contribution in [-0.2, 0) is 0 Å². The Labute approximate surface area is 135 Å². The van der Waals surface area contributed by atoms with Crippen LogP contribution in [0.15, 0.2) is 89.9 Å². The van der Waals surface area contributed by atoms with Crippen molar-refractivity contribution in [2.75, 3.05) is 0 Å². The largest absolute Gasteiger partial charge is 0.339 e. The lowest BCUT2D eigenvalue weighted by molar-refractivity contribution is 1.22. The van der Waals surface area contributed by atoms with Crippen molar-refractivity contribution in [3.8, 4) is 0 Å². The molecule has 2 heteroatoms. The fourth-order valence-corrected chi connectivity index (χ4v) is 2.70. The fourth-order valence-electron chi connectivity index (χ4n) is 2.70. The van der Waals surface area contributed by atoms with Gasteiger partial charge in [-0.3, -0.25) is 0 Å². The molecular formula is C21H16N2. The first-order valence-electron chi connectivity index (χ1n) is 7.67. The van der Waals surface area contributed by atoms with Gasteiger partial charge in [-0.15, -0.1) is 0 Å². The highest BCUT2D eigenvalue weighted by Gasteiger charge is 2.16. The second-order valence-electron chi connectivity index (χ2n) is 5.44. The average molecular weight is 296 g/mol. The molecule has 1 aliphatic rings. The highest BCUT2D eigenvalue weighted by molar-refractivity contribution is 6.09. The van der Waals surface area contributed by atoms with Gasteiger partial charge in [0.1, 0.15) is 5.84 Å². The number of hydrogen-bond donors (Lipinski definition) is 1. The van der Waals surface area contributed by atoms with Gasteiger partial charge in [-0.25, -0.2) is 4.99 Å². The molecule has 1 N–H and O–H groups in total. The van der Waals surface area contributed by atoms with Gasteiger partial charge in [-0.2, -0.15) is 0 Å². The lowest BCUT2D eigenvalue weighted by Gasteiger charge is -2.21. The maximum atomic E-state index is 4.77. The second-order valence-corrected chi connectivity index (χ2v) is 5.44. The number of fused-ring (bicyclic) bond motifs is 1. The molecule has 23 heavy (non-hydrogen) atoms. The van der Waals surface area contributed by atoms with E-state index in [9.17, 15) is 0 Å². The molecule has 3 aromatic carbocycles. The molecule has 2 nitrogen and oxygen atoms in total. The summed E-state index contributed by atoms with van der Waals surface area (Å²) in [4.78, 5) is 4.77. The average Bonchev–Trinajstić information content (AvgIpc) is 2.63. The van der Waals surface area contributed by atoms with Crippen molar-refractivity contribution in [1.82, 2.24) is 5.32 Å². The molecule has 0 radical (unpaired) electrons. The molecule has 1 heterocycles. The predicted molar refractivity (Wildman–Crippen MR) is 96.5 cm³/mol. The van der Waals surface area contributed by atoms with Crippen LogP contribution in [0.1, 0.15) is 16.7 Å². The van der Waals surface area contributed by atoms with Crippen molar-refractivity contribution in [1.29, 1.82) is 0 Å². The maximum Gasteiger partial charge on any atom is 0.138 e. The predicted octanol–water partition coefficient (Wildman–Crippen LogP) is 4.87. The molecule has 0 bridgehead atoms. The summed E-state index contributed by atoms with van der Waals surface area (Å²) >= 11 is 0. The smallest absolute Gasteiger partial charge is 0.138 e. The molecule has 3 aromatic rings. The van der Waals surface area contributed by atoms with Gasteiger partial charge in [0.15, 0.2) is 0 Å². The van der Waals surface area contributed by atoms with Crippen LogP contribution in [0.3, 0.4) is 0 Å². The molecular weight excluding hydrogens is 280 g/mol. The third-order valence-electron chi connectivity index (χ3n) is 3.84. The summed E-state index contributed by atoms with van der Waals surface area (Å²) in [5, 5.41) is 3.49. The SMILES string of the molecule is C(=C1\NC(c2ccccc2)=Nc2ccccc21)/c1ccccc1. The van der Waals surface area contributed by atoms with Crippen LogP contribution in [-0.4, -0.2) is 5.84 Å².